The van der Waals surface area contributed by atoms with Crippen molar-refractivity contribution >= 4 is 21.7 Å². The standard InChI is InChI=1S/C12H16BrN5/c1-4-9-10(13)11(14)17-12(16-9)8-5-15-18(6-8)7(2)3/h5-7H,4H2,1-3H3,(H2,14,16,17). The van der Waals surface area contributed by atoms with E-state index in [2.05, 4.69) is 44.8 Å². The highest BCUT2D eigenvalue weighted by Gasteiger charge is 2.12. The van der Waals surface area contributed by atoms with Crippen LogP contribution in [0.25, 0.3) is 11.4 Å². The molecule has 2 N–H and O–H groups in total. The first-order chi connectivity index (χ1) is 8.52. The zero-order chi connectivity index (χ0) is 13.3. The van der Waals surface area contributed by atoms with Gasteiger partial charge in [0.1, 0.15) is 5.82 Å². The van der Waals surface area contributed by atoms with E-state index in [0.29, 0.717) is 17.7 Å². The van der Waals surface area contributed by atoms with E-state index in [1.54, 1.807) is 6.20 Å². The van der Waals surface area contributed by atoms with Crippen LogP contribution >= 0.6 is 15.9 Å². The molecule has 0 spiro atoms. The summed E-state index contributed by atoms with van der Waals surface area (Å²) in [4.78, 5) is 8.79. The van der Waals surface area contributed by atoms with Gasteiger partial charge in [-0.1, -0.05) is 6.92 Å². The number of rotatable bonds is 3. The molecule has 0 saturated heterocycles. The Bertz CT molecular complexity index is 562. The Kier molecular flexibility index (Phi) is 3.65. The van der Waals surface area contributed by atoms with Crippen LogP contribution in [0, 0.1) is 0 Å². The van der Waals surface area contributed by atoms with Gasteiger partial charge >= 0.3 is 0 Å². The van der Waals surface area contributed by atoms with Crippen molar-refractivity contribution in [3.8, 4) is 11.4 Å². The molecule has 2 rings (SSSR count). The fraction of sp³-hybridized carbons (Fsp3) is 0.417. The number of anilines is 1. The van der Waals surface area contributed by atoms with Gasteiger partial charge < -0.3 is 5.73 Å². The number of nitrogen functional groups attached to an aromatic ring is 1. The maximum Gasteiger partial charge on any atom is 0.165 e. The van der Waals surface area contributed by atoms with Crippen LogP contribution in [-0.4, -0.2) is 19.7 Å². The molecule has 0 aromatic carbocycles. The van der Waals surface area contributed by atoms with Gasteiger partial charge in [-0.05, 0) is 36.2 Å². The first-order valence-corrected chi connectivity index (χ1v) is 6.68. The average molecular weight is 310 g/mol. The molecule has 0 atom stereocenters. The van der Waals surface area contributed by atoms with Crippen molar-refractivity contribution in [3.05, 3.63) is 22.6 Å². The van der Waals surface area contributed by atoms with E-state index in [-0.39, 0.29) is 0 Å². The molecule has 2 aromatic heterocycles. The second kappa shape index (κ2) is 5.06. The summed E-state index contributed by atoms with van der Waals surface area (Å²) in [5.74, 6) is 1.09. The topological polar surface area (TPSA) is 69.6 Å². The van der Waals surface area contributed by atoms with Crippen molar-refractivity contribution in [2.75, 3.05) is 5.73 Å². The molecule has 2 heterocycles. The minimum atomic E-state index is 0.317. The Labute approximate surface area is 115 Å². The molecule has 0 aliphatic carbocycles. The fourth-order valence-electron chi connectivity index (χ4n) is 1.61. The van der Waals surface area contributed by atoms with Gasteiger partial charge in [0.25, 0.3) is 0 Å². The third-order valence-corrected chi connectivity index (χ3v) is 3.53. The highest BCUT2D eigenvalue weighted by molar-refractivity contribution is 9.10. The van der Waals surface area contributed by atoms with Crippen LogP contribution < -0.4 is 5.73 Å². The van der Waals surface area contributed by atoms with Crippen LogP contribution in [-0.2, 0) is 6.42 Å². The summed E-state index contributed by atoms with van der Waals surface area (Å²) >= 11 is 3.40. The molecular formula is C12H16BrN5. The van der Waals surface area contributed by atoms with E-state index in [4.69, 9.17) is 5.73 Å². The minimum Gasteiger partial charge on any atom is -0.383 e. The molecule has 0 fully saturated rings. The Balaban J connectivity index is 2.47. The summed E-state index contributed by atoms with van der Waals surface area (Å²) in [6, 6.07) is 0.317. The molecule has 0 unspecified atom stereocenters. The van der Waals surface area contributed by atoms with Crippen molar-refractivity contribution in [2.24, 2.45) is 0 Å². The highest BCUT2D eigenvalue weighted by atomic mass is 79.9. The number of hydrogen-bond acceptors (Lipinski definition) is 4. The second-order valence-corrected chi connectivity index (χ2v) is 5.14. The summed E-state index contributed by atoms with van der Waals surface area (Å²) in [5.41, 5.74) is 7.67. The normalized spacial score (nSPS) is 11.2. The van der Waals surface area contributed by atoms with E-state index in [1.165, 1.54) is 0 Å². The number of hydrogen-bond donors (Lipinski definition) is 1. The lowest BCUT2D eigenvalue weighted by Crippen LogP contribution is -2.02. The maximum absolute atomic E-state index is 5.88. The number of nitrogens with zero attached hydrogens (tertiary/aromatic N) is 4. The van der Waals surface area contributed by atoms with Crippen LogP contribution in [0.3, 0.4) is 0 Å². The molecule has 5 nitrogen and oxygen atoms in total. The van der Waals surface area contributed by atoms with Gasteiger partial charge in [-0.2, -0.15) is 5.10 Å². The smallest absolute Gasteiger partial charge is 0.165 e. The van der Waals surface area contributed by atoms with Crippen LogP contribution in [0.2, 0.25) is 0 Å². The Morgan fingerprint density at radius 1 is 1.39 bits per heavy atom. The van der Waals surface area contributed by atoms with Gasteiger partial charge in [0.05, 0.1) is 21.9 Å². The lowest BCUT2D eigenvalue weighted by molar-refractivity contribution is 0.532. The summed E-state index contributed by atoms with van der Waals surface area (Å²) in [5, 5.41) is 4.28. The van der Waals surface area contributed by atoms with Crippen LogP contribution in [0.5, 0.6) is 0 Å². The van der Waals surface area contributed by atoms with Gasteiger partial charge in [0, 0.05) is 12.2 Å². The van der Waals surface area contributed by atoms with E-state index >= 15 is 0 Å². The maximum atomic E-state index is 5.88. The van der Waals surface area contributed by atoms with Gasteiger partial charge in [-0.3, -0.25) is 4.68 Å². The number of aryl methyl sites for hydroxylation is 1. The molecule has 0 amide bonds. The summed E-state index contributed by atoms with van der Waals surface area (Å²) < 4.78 is 2.66. The van der Waals surface area contributed by atoms with Crippen LogP contribution in [0.4, 0.5) is 5.82 Å². The van der Waals surface area contributed by atoms with E-state index in [9.17, 15) is 0 Å². The second-order valence-electron chi connectivity index (χ2n) is 4.35. The largest absolute Gasteiger partial charge is 0.383 e. The van der Waals surface area contributed by atoms with Gasteiger partial charge in [-0.25, -0.2) is 9.97 Å². The average Bonchev–Trinajstić information content (AvgIpc) is 2.82. The van der Waals surface area contributed by atoms with Gasteiger partial charge in [0.15, 0.2) is 5.82 Å². The molecule has 0 bridgehead atoms. The zero-order valence-corrected chi connectivity index (χ0v) is 12.3. The predicted octanol–water partition coefficient (Wildman–Crippen LogP) is 2.83. The first-order valence-electron chi connectivity index (χ1n) is 5.89. The van der Waals surface area contributed by atoms with Crippen LogP contribution in [0.1, 0.15) is 32.5 Å². The monoisotopic (exact) mass is 309 g/mol. The summed E-state index contributed by atoms with van der Waals surface area (Å²) in [7, 11) is 0. The first kappa shape index (κ1) is 13.0. The van der Waals surface area contributed by atoms with E-state index < -0.39 is 0 Å². The molecular weight excluding hydrogens is 294 g/mol. The number of nitrogens with two attached hydrogens (primary N) is 1. The van der Waals surface area contributed by atoms with Gasteiger partial charge in [-0.15, -0.1) is 0 Å². The third kappa shape index (κ3) is 2.38. The van der Waals surface area contributed by atoms with Crippen molar-refractivity contribution in [3.63, 3.8) is 0 Å². The molecule has 18 heavy (non-hydrogen) atoms. The molecule has 0 aliphatic rings. The van der Waals surface area contributed by atoms with Crippen molar-refractivity contribution in [1.82, 2.24) is 19.7 Å². The number of halogens is 1. The van der Waals surface area contributed by atoms with Gasteiger partial charge in [0.2, 0.25) is 0 Å². The lowest BCUT2D eigenvalue weighted by atomic mass is 10.2. The lowest BCUT2D eigenvalue weighted by Gasteiger charge is -2.06. The Morgan fingerprint density at radius 2 is 2.11 bits per heavy atom. The number of aromatic nitrogens is 4. The third-order valence-electron chi connectivity index (χ3n) is 2.67. The molecule has 96 valence electrons. The van der Waals surface area contributed by atoms with Crippen LogP contribution in [0.15, 0.2) is 16.9 Å². The molecule has 0 aliphatic heterocycles. The van der Waals surface area contributed by atoms with Crippen molar-refractivity contribution < 1.29 is 0 Å². The van der Waals surface area contributed by atoms with Crippen molar-refractivity contribution in [2.45, 2.75) is 33.2 Å². The molecule has 0 radical (unpaired) electrons. The molecule has 6 heteroatoms. The quantitative estimate of drug-likeness (QED) is 0.946. The highest BCUT2D eigenvalue weighted by Crippen LogP contribution is 2.25. The predicted molar refractivity (Wildman–Crippen MR) is 75.1 cm³/mol. The van der Waals surface area contributed by atoms with E-state index in [1.807, 2.05) is 17.8 Å². The molecule has 2 aromatic rings. The fourth-order valence-corrected chi connectivity index (χ4v) is 2.07. The van der Waals surface area contributed by atoms with E-state index in [0.717, 1.165) is 22.2 Å². The SMILES string of the molecule is CCc1nc(-c2cnn(C(C)C)c2)nc(N)c1Br. The summed E-state index contributed by atoms with van der Waals surface area (Å²) in [6.07, 6.45) is 4.51. The Morgan fingerprint density at radius 3 is 2.67 bits per heavy atom. The summed E-state index contributed by atoms with van der Waals surface area (Å²) in [6.45, 7) is 6.18. The minimum absolute atomic E-state index is 0.317. The molecule has 0 saturated carbocycles. The van der Waals surface area contributed by atoms with Crippen molar-refractivity contribution in [1.29, 1.82) is 0 Å². The zero-order valence-electron chi connectivity index (χ0n) is 10.7. The Hall–Kier alpha value is -1.43.